The zero-order valence-electron chi connectivity index (χ0n) is 17.4. The molecule has 8 heteroatoms. The Bertz CT molecular complexity index is 1230. The number of nitrogens with zero attached hydrogens (tertiary/aromatic N) is 2. The van der Waals surface area contributed by atoms with Crippen molar-refractivity contribution in [2.75, 3.05) is 4.31 Å². The SMILES string of the molecule is CCc1ccc(N(C(=O)c2ccc(C)c([N+](=O)[O-])c2)S(=O)(=O)c2ccc(C)cc2)cc1. The van der Waals surface area contributed by atoms with Gasteiger partial charge < -0.3 is 0 Å². The van der Waals surface area contributed by atoms with Crippen LogP contribution in [0.2, 0.25) is 0 Å². The Kier molecular flexibility index (Phi) is 6.21. The molecule has 7 nitrogen and oxygen atoms in total. The zero-order valence-corrected chi connectivity index (χ0v) is 18.2. The van der Waals surface area contributed by atoms with E-state index in [0.29, 0.717) is 9.87 Å². The molecule has 0 aromatic heterocycles. The highest BCUT2D eigenvalue weighted by Gasteiger charge is 2.32. The van der Waals surface area contributed by atoms with Crippen molar-refractivity contribution >= 4 is 27.3 Å². The number of carbonyl (C=O) groups excluding carboxylic acids is 1. The molecule has 160 valence electrons. The lowest BCUT2D eigenvalue weighted by atomic mass is 10.1. The van der Waals surface area contributed by atoms with E-state index in [1.807, 2.05) is 13.8 Å². The van der Waals surface area contributed by atoms with E-state index in [1.165, 1.54) is 24.3 Å². The summed E-state index contributed by atoms with van der Waals surface area (Å²) in [4.78, 5) is 24.1. The number of amides is 1. The van der Waals surface area contributed by atoms with Gasteiger partial charge in [0.15, 0.2) is 0 Å². The molecular weight excluding hydrogens is 416 g/mol. The van der Waals surface area contributed by atoms with Crippen molar-refractivity contribution in [3.05, 3.63) is 99.1 Å². The first-order valence-corrected chi connectivity index (χ1v) is 11.1. The van der Waals surface area contributed by atoms with Gasteiger partial charge in [0.2, 0.25) is 0 Å². The first-order valence-electron chi connectivity index (χ1n) is 9.65. The minimum atomic E-state index is -4.27. The number of nitro benzene ring substituents is 1. The van der Waals surface area contributed by atoms with Gasteiger partial charge in [-0.05, 0) is 56.2 Å². The Morgan fingerprint density at radius 1 is 0.968 bits per heavy atom. The molecular formula is C23H22N2O5S. The van der Waals surface area contributed by atoms with Crippen LogP contribution < -0.4 is 4.31 Å². The first kappa shape index (κ1) is 22.2. The van der Waals surface area contributed by atoms with Crippen LogP contribution in [-0.2, 0) is 16.4 Å². The topological polar surface area (TPSA) is 97.6 Å². The molecule has 0 atom stereocenters. The third-order valence-corrected chi connectivity index (χ3v) is 6.70. The molecule has 0 spiro atoms. The van der Waals surface area contributed by atoms with Crippen molar-refractivity contribution < 1.29 is 18.1 Å². The van der Waals surface area contributed by atoms with Crippen LogP contribution in [0.5, 0.6) is 0 Å². The summed E-state index contributed by atoms with van der Waals surface area (Å²) in [6.07, 6.45) is 0.753. The van der Waals surface area contributed by atoms with Crippen LogP contribution in [0.15, 0.2) is 71.6 Å². The van der Waals surface area contributed by atoms with E-state index in [1.54, 1.807) is 43.3 Å². The summed E-state index contributed by atoms with van der Waals surface area (Å²) in [5.74, 6) is -0.868. The fraction of sp³-hybridized carbons (Fsp3) is 0.174. The molecule has 0 fully saturated rings. The molecule has 1 amide bonds. The van der Waals surface area contributed by atoms with Crippen molar-refractivity contribution in [3.8, 4) is 0 Å². The van der Waals surface area contributed by atoms with E-state index in [-0.39, 0.29) is 21.8 Å². The molecule has 0 unspecified atom stereocenters. The van der Waals surface area contributed by atoms with E-state index >= 15 is 0 Å². The van der Waals surface area contributed by atoms with Crippen molar-refractivity contribution in [3.63, 3.8) is 0 Å². The lowest BCUT2D eigenvalue weighted by Gasteiger charge is -2.23. The predicted octanol–water partition coefficient (Wildman–Crippen LogP) is 4.81. The Labute approximate surface area is 181 Å². The Hall–Kier alpha value is -3.52. The molecule has 31 heavy (non-hydrogen) atoms. The maximum Gasteiger partial charge on any atom is 0.273 e. The number of rotatable bonds is 6. The number of aryl methyl sites for hydroxylation is 3. The van der Waals surface area contributed by atoms with E-state index in [4.69, 9.17) is 0 Å². The highest BCUT2D eigenvalue weighted by Crippen LogP contribution is 2.28. The predicted molar refractivity (Wildman–Crippen MR) is 119 cm³/mol. The van der Waals surface area contributed by atoms with E-state index in [2.05, 4.69) is 0 Å². The van der Waals surface area contributed by atoms with Crippen LogP contribution in [0, 0.1) is 24.0 Å². The fourth-order valence-corrected chi connectivity index (χ4v) is 4.52. The molecule has 0 aliphatic rings. The average molecular weight is 439 g/mol. The number of anilines is 1. The Morgan fingerprint density at radius 2 is 1.58 bits per heavy atom. The van der Waals surface area contributed by atoms with Gasteiger partial charge in [-0.3, -0.25) is 14.9 Å². The molecule has 0 saturated carbocycles. The van der Waals surface area contributed by atoms with E-state index < -0.39 is 20.9 Å². The molecule has 0 aliphatic heterocycles. The van der Waals surface area contributed by atoms with Gasteiger partial charge in [-0.25, -0.2) is 8.42 Å². The summed E-state index contributed by atoms with van der Waals surface area (Å²) in [6, 6.07) is 16.7. The summed E-state index contributed by atoms with van der Waals surface area (Å²) in [5, 5.41) is 11.3. The number of hydrogen-bond donors (Lipinski definition) is 0. The molecule has 0 radical (unpaired) electrons. The van der Waals surface area contributed by atoms with Crippen LogP contribution in [0.25, 0.3) is 0 Å². The Balaban J connectivity index is 2.18. The van der Waals surface area contributed by atoms with Crippen LogP contribution in [0.4, 0.5) is 11.4 Å². The summed E-state index contributed by atoms with van der Waals surface area (Å²) in [5.41, 5.74) is 2.05. The molecule has 3 aromatic rings. The van der Waals surface area contributed by atoms with Crippen molar-refractivity contribution in [2.45, 2.75) is 32.1 Å². The zero-order chi connectivity index (χ0) is 22.8. The third-order valence-electron chi connectivity index (χ3n) is 4.98. The van der Waals surface area contributed by atoms with Gasteiger partial charge in [0, 0.05) is 17.2 Å². The highest BCUT2D eigenvalue weighted by atomic mass is 32.2. The normalized spacial score (nSPS) is 11.2. The van der Waals surface area contributed by atoms with E-state index in [9.17, 15) is 23.3 Å². The molecule has 0 N–H and O–H groups in total. The lowest BCUT2D eigenvalue weighted by molar-refractivity contribution is -0.385. The monoisotopic (exact) mass is 438 g/mol. The molecule has 3 aromatic carbocycles. The van der Waals surface area contributed by atoms with Crippen molar-refractivity contribution in [1.82, 2.24) is 0 Å². The summed E-state index contributed by atoms with van der Waals surface area (Å²) in [7, 11) is -4.27. The maximum absolute atomic E-state index is 13.5. The van der Waals surface area contributed by atoms with Crippen LogP contribution in [0.1, 0.15) is 34.0 Å². The fourth-order valence-electron chi connectivity index (χ4n) is 3.10. The van der Waals surface area contributed by atoms with Gasteiger partial charge in [0.25, 0.3) is 21.6 Å². The minimum Gasteiger partial charge on any atom is -0.268 e. The molecule has 0 heterocycles. The highest BCUT2D eigenvalue weighted by molar-refractivity contribution is 7.93. The number of sulfonamides is 1. The number of carbonyl (C=O) groups is 1. The molecule has 0 bridgehead atoms. The number of nitro groups is 1. The van der Waals surface area contributed by atoms with Crippen molar-refractivity contribution in [2.24, 2.45) is 0 Å². The number of benzene rings is 3. The van der Waals surface area contributed by atoms with Gasteiger partial charge >= 0.3 is 0 Å². The van der Waals surface area contributed by atoms with Gasteiger partial charge in [-0.2, -0.15) is 4.31 Å². The second-order valence-corrected chi connectivity index (χ2v) is 8.95. The largest absolute Gasteiger partial charge is 0.273 e. The van der Waals surface area contributed by atoms with Crippen LogP contribution in [-0.4, -0.2) is 19.2 Å². The molecule has 0 aliphatic carbocycles. The standard InChI is InChI=1S/C23H22N2O5S/c1-4-18-8-11-20(12-9-18)24(31(29,30)21-13-5-16(2)6-14-21)23(26)19-10-7-17(3)22(15-19)25(27)28/h5-15H,4H2,1-3H3. The van der Waals surface area contributed by atoms with Crippen molar-refractivity contribution in [1.29, 1.82) is 0 Å². The maximum atomic E-state index is 13.5. The van der Waals surface area contributed by atoms with Crippen LogP contribution >= 0.6 is 0 Å². The van der Waals surface area contributed by atoms with Gasteiger partial charge in [0.1, 0.15) is 0 Å². The van der Waals surface area contributed by atoms with Gasteiger partial charge in [-0.1, -0.05) is 42.8 Å². The lowest BCUT2D eigenvalue weighted by Crippen LogP contribution is -2.37. The summed E-state index contributed by atoms with van der Waals surface area (Å²) in [6.45, 7) is 5.34. The third kappa shape index (κ3) is 4.49. The average Bonchev–Trinajstić information content (AvgIpc) is 2.74. The quantitative estimate of drug-likeness (QED) is 0.406. The van der Waals surface area contributed by atoms with Gasteiger partial charge in [-0.15, -0.1) is 0 Å². The van der Waals surface area contributed by atoms with Gasteiger partial charge in [0.05, 0.1) is 15.5 Å². The number of hydrogen-bond acceptors (Lipinski definition) is 5. The van der Waals surface area contributed by atoms with E-state index in [0.717, 1.165) is 23.6 Å². The second-order valence-electron chi connectivity index (χ2n) is 7.17. The molecule has 0 saturated heterocycles. The minimum absolute atomic E-state index is 0.0485. The Morgan fingerprint density at radius 3 is 2.13 bits per heavy atom. The van der Waals surface area contributed by atoms with Crippen LogP contribution in [0.3, 0.4) is 0 Å². The first-order chi connectivity index (χ1) is 14.6. The summed E-state index contributed by atoms with van der Waals surface area (Å²) >= 11 is 0. The summed E-state index contributed by atoms with van der Waals surface area (Å²) < 4.78 is 27.6. The smallest absolute Gasteiger partial charge is 0.268 e. The molecule has 3 rings (SSSR count). The second kappa shape index (κ2) is 8.69.